The zero-order valence-electron chi connectivity index (χ0n) is 12.0. The third kappa shape index (κ3) is 2.60. The molecule has 3 heteroatoms. The van der Waals surface area contributed by atoms with Crippen LogP contribution in [0.4, 0.5) is 0 Å². The number of aryl methyl sites for hydroxylation is 2. The first-order chi connectivity index (χ1) is 8.98. The Hall–Kier alpha value is -1.51. The van der Waals surface area contributed by atoms with Crippen molar-refractivity contribution in [2.24, 2.45) is 5.41 Å². The average molecular weight is 262 g/mol. The van der Waals surface area contributed by atoms with Gasteiger partial charge in [0.05, 0.1) is 12.5 Å². The monoisotopic (exact) mass is 262 g/mol. The maximum atomic E-state index is 11.6. The van der Waals surface area contributed by atoms with Crippen molar-refractivity contribution in [2.75, 3.05) is 7.11 Å². The molecule has 0 atom stereocenters. The Bertz CT molecular complexity index is 485. The molecule has 0 heterocycles. The summed E-state index contributed by atoms with van der Waals surface area (Å²) >= 11 is 0. The predicted molar refractivity (Wildman–Crippen MR) is 74.7 cm³/mol. The molecule has 0 unspecified atom stereocenters. The van der Waals surface area contributed by atoms with Crippen molar-refractivity contribution in [3.05, 3.63) is 28.8 Å². The van der Waals surface area contributed by atoms with Crippen LogP contribution in [-0.2, 0) is 11.2 Å². The van der Waals surface area contributed by atoms with Gasteiger partial charge in [-0.1, -0.05) is 18.9 Å². The zero-order chi connectivity index (χ0) is 14.0. The van der Waals surface area contributed by atoms with Crippen LogP contribution in [0.25, 0.3) is 0 Å². The minimum Gasteiger partial charge on any atom is -0.496 e. The van der Waals surface area contributed by atoms with Crippen molar-refractivity contribution in [1.82, 2.24) is 0 Å². The second-order valence-electron chi connectivity index (χ2n) is 5.72. The summed E-state index contributed by atoms with van der Waals surface area (Å²) in [5, 5.41) is 9.56. The van der Waals surface area contributed by atoms with Crippen LogP contribution in [0.5, 0.6) is 5.75 Å². The molecule has 0 amide bonds. The van der Waals surface area contributed by atoms with Gasteiger partial charge in [-0.15, -0.1) is 0 Å². The molecular formula is C16H22O3. The first-order valence-electron chi connectivity index (χ1n) is 6.86. The molecule has 104 valence electrons. The van der Waals surface area contributed by atoms with E-state index in [4.69, 9.17) is 4.74 Å². The molecule has 2 rings (SSSR count). The standard InChI is InChI=1S/C16H22O3/c1-11-9-14(19-3)12(2)8-13(11)10-16(15(17)18)6-4-5-7-16/h8-9H,4-7,10H2,1-3H3,(H,17,18). The summed E-state index contributed by atoms with van der Waals surface area (Å²) in [5.41, 5.74) is 2.78. The summed E-state index contributed by atoms with van der Waals surface area (Å²) in [4.78, 5) is 11.6. The first-order valence-corrected chi connectivity index (χ1v) is 6.86. The molecule has 1 saturated carbocycles. The number of hydrogen-bond acceptors (Lipinski definition) is 2. The highest BCUT2D eigenvalue weighted by Gasteiger charge is 2.41. The van der Waals surface area contributed by atoms with Gasteiger partial charge in [-0.3, -0.25) is 4.79 Å². The van der Waals surface area contributed by atoms with Gasteiger partial charge in [0.25, 0.3) is 0 Å². The van der Waals surface area contributed by atoms with Gasteiger partial charge in [0.1, 0.15) is 5.75 Å². The van der Waals surface area contributed by atoms with Gasteiger partial charge in [0.15, 0.2) is 0 Å². The third-order valence-corrected chi connectivity index (χ3v) is 4.40. The van der Waals surface area contributed by atoms with Gasteiger partial charge in [-0.05, 0) is 55.9 Å². The SMILES string of the molecule is COc1cc(C)c(CC2(C(=O)O)CCCC2)cc1C. The van der Waals surface area contributed by atoms with Crippen LogP contribution >= 0.6 is 0 Å². The molecule has 1 N–H and O–H groups in total. The van der Waals surface area contributed by atoms with E-state index in [0.717, 1.165) is 48.1 Å². The van der Waals surface area contributed by atoms with Gasteiger partial charge in [-0.25, -0.2) is 0 Å². The minimum absolute atomic E-state index is 0.550. The van der Waals surface area contributed by atoms with Crippen molar-refractivity contribution < 1.29 is 14.6 Å². The maximum Gasteiger partial charge on any atom is 0.309 e. The molecule has 0 aliphatic heterocycles. The number of carbonyl (C=O) groups is 1. The van der Waals surface area contributed by atoms with Crippen LogP contribution in [-0.4, -0.2) is 18.2 Å². The second-order valence-corrected chi connectivity index (χ2v) is 5.72. The van der Waals surface area contributed by atoms with Gasteiger partial charge in [0, 0.05) is 0 Å². The summed E-state index contributed by atoms with van der Waals surface area (Å²) in [6, 6.07) is 4.09. The molecule has 1 fully saturated rings. The summed E-state index contributed by atoms with van der Waals surface area (Å²) in [6.45, 7) is 4.03. The van der Waals surface area contributed by atoms with E-state index in [2.05, 4.69) is 6.07 Å². The number of ether oxygens (including phenoxy) is 1. The second kappa shape index (κ2) is 5.24. The Morgan fingerprint density at radius 3 is 2.42 bits per heavy atom. The lowest BCUT2D eigenvalue weighted by Crippen LogP contribution is -2.30. The van der Waals surface area contributed by atoms with Crippen LogP contribution in [0.1, 0.15) is 42.4 Å². The fourth-order valence-corrected chi connectivity index (χ4v) is 3.14. The molecule has 1 aliphatic rings. The highest BCUT2D eigenvalue weighted by molar-refractivity contribution is 5.75. The average Bonchev–Trinajstić information content (AvgIpc) is 2.83. The van der Waals surface area contributed by atoms with E-state index < -0.39 is 11.4 Å². The molecular weight excluding hydrogens is 240 g/mol. The largest absolute Gasteiger partial charge is 0.496 e. The van der Waals surface area contributed by atoms with Crippen molar-refractivity contribution in [3.63, 3.8) is 0 Å². The normalized spacial score (nSPS) is 17.4. The lowest BCUT2D eigenvalue weighted by molar-refractivity contribution is -0.148. The summed E-state index contributed by atoms with van der Waals surface area (Å²) in [6.07, 6.45) is 4.29. The molecule has 0 spiro atoms. The van der Waals surface area contributed by atoms with Crippen molar-refractivity contribution >= 4 is 5.97 Å². The Kier molecular flexibility index (Phi) is 3.83. The molecule has 1 aromatic rings. The Labute approximate surface area is 114 Å². The smallest absolute Gasteiger partial charge is 0.309 e. The molecule has 0 saturated heterocycles. The van der Waals surface area contributed by atoms with Gasteiger partial charge in [-0.2, -0.15) is 0 Å². The van der Waals surface area contributed by atoms with E-state index in [-0.39, 0.29) is 0 Å². The summed E-state index contributed by atoms with van der Waals surface area (Å²) < 4.78 is 5.31. The fraction of sp³-hybridized carbons (Fsp3) is 0.562. The lowest BCUT2D eigenvalue weighted by Gasteiger charge is -2.25. The molecule has 0 bridgehead atoms. The Morgan fingerprint density at radius 1 is 1.26 bits per heavy atom. The molecule has 0 radical (unpaired) electrons. The van der Waals surface area contributed by atoms with Gasteiger partial charge < -0.3 is 9.84 Å². The highest BCUT2D eigenvalue weighted by Crippen LogP contribution is 2.42. The number of benzene rings is 1. The lowest BCUT2D eigenvalue weighted by atomic mass is 9.79. The first kappa shape index (κ1) is 13.9. The molecule has 1 aliphatic carbocycles. The fourth-order valence-electron chi connectivity index (χ4n) is 3.14. The predicted octanol–water partition coefficient (Wildman–Crippen LogP) is 3.50. The molecule has 1 aromatic carbocycles. The molecule has 3 nitrogen and oxygen atoms in total. The topological polar surface area (TPSA) is 46.5 Å². The Balaban J connectivity index is 2.32. The van der Waals surface area contributed by atoms with E-state index >= 15 is 0 Å². The molecule has 19 heavy (non-hydrogen) atoms. The van der Waals surface area contributed by atoms with Gasteiger partial charge >= 0.3 is 5.97 Å². The van der Waals surface area contributed by atoms with Crippen molar-refractivity contribution in [2.45, 2.75) is 46.0 Å². The van der Waals surface area contributed by atoms with E-state index in [0.29, 0.717) is 6.42 Å². The number of hydrogen-bond donors (Lipinski definition) is 1. The maximum absolute atomic E-state index is 11.6. The van der Waals surface area contributed by atoms with Crippen molar-refractivity contribution in [1.29, 1.82) is 0 Å². The number of carboxylic acids is 1. The van der Waals surface area contributed by atoms with Crippen LogP contribution < -0.4 is 4.74 Å². The van der Waals surface area contributed by atoms with Gasteiger partial charge in [0.2, 0.25) is 0 Å². The Morgan fingerprint density at radius 2 is 1.89 bits per heavy atom. The number of aliphatic carboxylic acids is 1. The zero-order valence-corrected chi connectivity index (χ0v) is 12.0. The van der Waals surface area contributed by atoms with E-state index in [1.54, 1.807) is 7.11 Å². The van der Waals surface area contributed by atoms with Crippen LogP contribution in [0, 0.1) is 19.3 Å². The number of methoxy groups -OCH3 is 1. The summed E-state index contributed by atoms with van der Waals surface area (Å²) in [5.74, 6) is 0.231. The minimum atomic E-state index is -0.641. The van der Waals surface area contributed by atoms with E-state index in [1.165, 1.54) is 0 Å². The third-order valence-electron chi connectivity index (χ3n) is 4.40. The van der Waals surface area contributed by atoms with Crippen molar-refractivity contribution in [3.8, 4) is 5.75 Å². The number of rotatable bonds is 4. The van der Waals surface area contributed by atoms with E-state index in [1.807, 2.05) is 19.9 Å². The summed E-state index contributed by atoms with van der Waals surface area (Å²) in [7, 11) is 1.66. The quantitative estimate of drug-likeness (QED) is 0.903. The van der Waals surface area contributed by atoms with Crippen LogP contribution in [0.3, 0.4) is 0 Å². The number of carboxylic acid groups (broad SMARTS) is 1. The van der Waals surface area contributed by atoms with Crippen LogP contribution in [0.15, 0.2) is 12.1 Å². The van der Waals surface area contributed by atoms with Crippen LogP contribution in [0.2, 0.25) is 0 Å². The van der Waals surface area contributed by atoms with E-state index in [9.17, 15) is 9.90 Å². The molecule has 0 aromatic heterocycles. The highest BCUT2D eigenvalue weighted by atomic mass is 16.5.